The molecule has 258 valence electrons. The van der Waals surface area contributed by atoms with E-state index in [1.165, 1.54) is 16.3 Å². The number of hydrogen-bond acceptors (Lipinski definition) is 3. The topological polar surface area (TPSA) is 29.5 Å². The quantitative estimate of drug-likeness (QED) is 0.173. The van der Waals surface area contributed by atoms with Crippen LogP contribution in [0.5, 0.6) is 0 Å². The summed E-state index contributed by atoms with van der Waals surface area (Å²) < 4.78 is 12.7. The second kappa shape index (κ2) is 12.6. The van der Waals surface area contributed by atoms with E-state index >= 15 is 0 Å². The third-order valence-corrected chi connectivity index (χ3v) is 10.9. The van der Waals surface area contributed by atoms with Crippen LogP contribution < -0.4 is 4.90 Å². The first kappa shape index (κ1) is 31.2. The minimum absolute atomic E-state index is 0.866. The smallest absolute Gasteiger partial charge is 0.136 e. The Morgan fingerprint density at radius 3 is 1.80 bits per heavy atom. The molecule has 0 aliphatic carbocycles. The fourth-order valence-corrected chi connectivity index (χ4v) is 8.33. The van der Waals surface area contributed by atoms with Gasteiger partial charge in [0.05, 0.1) is 5.69 Å². The van der Waals surface area contributed by atoms with E-state index < -0.39 is 0 Å². The van der Waals surface area contributed by atoms with Crippen LogP contribution in [-0.2, 0) is 0 Å². The Balaban J connectivity index is 1.19. The zero-order valence-electron chi connectivity index (χ0n) is 29.8. The minimum Gasteiger partial charge on any atom is -0.456 e. The van der Waals surface area contributed by atoms with Crippen molar-refractivity contribution in [1.29, 1.82) is 0 Å². The Labute approximate surface area is 317 Å². The summed E-state index contributed by atoms with van der Waals surface area (Å²) in [6, 6.07) is 71.2. The molecule has 11 aromatic rings. The van der Waals surface area contributed by atoms with Crippen molar-refractivity contribution in [2.45, 2.75) is 0 Å². The lowest BCUT2D eigenvalue weighted by atomic mass is 9.93. The van der Waals surface area contributed by atoms with Gasteiger partial charge in [-0.2, -0.15) is 0 Å². The highest BCUT2D eigenvalue weighted by atomic mass is 16.3. The van der Waals surface area contributed by atoms with Crippen LogP contribution >= 0.6 is 0 Å². The third-order valence-electron chi connectivity index (χ3n) is 10.9. The van der Waals surface area contributed by atoms with Crippen molar-refractivity contribution in [3.63, 3.8) is 0 Å². The van der Waals surface area contributed by atoms with Crippen molar-refractivity contribution in [2.75, 3.05) is 4.90 Å². The van der Waals surface area contributed by atoms with E-state index in [1.807, 2.05) is 24.3 Å². The molecule has 0 atom stereocenters. The molecule has 0 saturated carbocycles. The van der Waals surface area contributed by atoms with Gasteiger partial charge >= 0.3 is 0 Å². The normalized spacial score (nSPS) is 11.6. The van der Waals surface area contributed by atoms with E-state index in [2.05, 4.69) is 181 Å². The maximum atomic E-state index is 6.33. The number of hydrogen-bond donors (Lipinski definition) is 0. The van der Waals surface area contributed by atoms with E-state index in [1.54, 1.807) is 0 Å². The predicted octanol–water partition coefficient (Wildman–Crippen LogP) is 15.1. The second-order valence-electron chi connectivity index (χ2n) is 14.1. The molecule has 9 aromatic carbocycles. The Morgan fingerprint density at radius 1 is 0.309 bits per heavy atom. The van der Waals surface area contributed by atoms with Crippen LogP contribution in [0.3, 0.4) is 0 Å². The summed E-state index contributed by atoms with van der Waals surface area (Å²) in [6.07, 6.45) is 0. The highest BCUT2D eigenvalue weighted by Gasteiger charge is 2.22. The Kier molecular flexibility index (Phi) is 7.17. The number of rotatable bonds is 6. The summed E-state index contributed by atoms with van der Waals surface area (Å²) in [5, 5.41) is 6.85. The summed E-state index contributed by atoms with van der Waals surface area (Å²) >= 11 is 0. The van der Waals surface area contributed by atoms with Crippen molar-refractivity contribution in [1.82, 2.24) is 0 Å². The van der Waals surface area contributed by atoms with Gasteiger partial charge in [0.25, 0.3) is 0 Å². The molecule has 0 bridgehead atoms. The van der Waals surface area contributed by atoms with E-state index in [4.69, 9.17) is 8.83 Å². The largest absolute Gasteiger partial charge is 0.456 e. The first-order chi connectivity index (χ1) is 27.3. The number of nitrogens with zero attached hydrogens (tertiary/aromatic N) is 1. The summed E-state index contributed by atoms with van der Waals surface area (Å²) in [5.41, 5.74) is 13.5. The van der Waals surface area contributed by atoms with Crippen LogP contribution in [0.4, 0.5) is 17.1 Å². The predicted molar refractivity (Wildman–Crippen MR) is 229 cm³/mol. The fourth-order valence-electron chi connectivity index (χ4n) is 8.33. The van der Waals surface area contributed by atoms with Crippen molar-refractivity contribution in [2.24, 2.45) is 0 Å². The van der Waals surface area contributed by atoms with Crippen LogP contribution in [0.2, 0.25) is 0 Å². The Morgan fingerprint density at radius 2 is 0.909 bits per heavy atom. The van der Waals surface area contributed by atoms with E-state index in [-0.39, 0.29) is 0 Å². The zero-order valence-corrected chi connectivity index (χ0v) is 29.8. The van der Waals surface area contributed by atoms with Gasteiger partial charge in [0.1, 0.15) is 22.3 Å². The SMILES string of the molecule is c1ccc(-c2ccc(-c3cccc4ccccc34)cc2N(c2cccc(-c3cccc4oc5ccccc5c34)c2)c2ccc3oc4ccccc4c3c2)cc1. The highest BCUT2D eigenvalue weighted by molar-refractivity contribution is 6.13. The molecule has 0 radical (unpaired) electrons. The second-order valence-corrected chi connectivity index (χ2v) is 14.1. The average molecular weight is 704 g/mol. The maximum Gasteiger partial charge on any atom is 0.136 e. The van der Waals surface area contributed by atoms with Crippen molar-refractivity contribution in [3.8, 4) is 33.4 Å². The molecule has 55 heavy (non-hydrogen) atoms. The van der Waals surface area contributed by atoms with Crippen LogP contribution in [0.25, 0.3) is 88.0 Å². The van der Waals surface area contributed by atoms with Gasteiger partial charge in [0, 0.05) is 38.5 Å². The number of anilines is 3. The lowest BCUT2D eigenvalue weighted by Gasteiger charge is -2.29. The van der Waals surface area contributed by atoms with E-state index in [0.29, 0.717) is 0 Å². The standard InChI is InChI=1S/C52H33NO2/c1-2-13-35(14-3-1)42-29-27-37(41-22-11-16-34-15-4-5-19-40(34)41)32-47(42)53(39-28-30-50-46(33-39)44-20-6-8-24-48(44)54-50)38-18-10-17-36(31-38)43-23-12-26-51-52(43)45-21-7-9-25-49(45)55-51/h1-33H. The fraction of sp³-hybridized carbons (Fsp3) is 0. The minimum atomic E-state index is 0.866. The molecule has 0 fully saturated rings. The molecule has 0 amide bonds. The molecule has 2 aromatic heterocycles. The van der Waals surface area contributed by atoms with Gasteiger partial charge in [-0.25, -0.2) is 0 Å². The van der Waals surface area contributed by atoms with Crippen LogP contribution in [-0.4, -0.2) is 0 Å². The molecule has 3 nitrogen and oxygen atoms in total. The van der Waals surface area contributed by atoms with E-state index in [9.17, 15) is 0 Å². The number of benzene rings is 9. The number of furan rings is 2. The van der Waals surface area contributed by atoms with E-state index in [0.717, 1.165) is 88.8 Å². The summed E-state index contributed by atoms with van der Waals surface area (Å²) in [5.74, 6) is 0. The summed E-state index contributed by atoms with van der Waals surface area (Å²) in [6.45, 7) is 0. The summed E-state index contributed by atoms with van der Waals surface area (Å²) in [4.78, 5) is 2.41. The van der Waals surface area contributed by atoms with Crippen LogP contribution in [0, 0.1) is 0 Å². The lowest BCUT2D eigenvalue weighted by Crippen LogP contribution is -2.11. The van der Waals surface area contributed by atoms with Crippen molar-refractivity contribution in [3.05, 3.63) is 200 Å². The Hall–Kier alpha value is -7.36. The zero-order chi connectivity index (χ0) is 36.3. The molecule has 2 heterocycles. The first-order valence-corrected chi connectivity index (χ1v) is 18.7. The van der Waals surface area contributed by atoms with Gasteiger partial charge in [0.2, 0.25) is 0 Å². The lowest BCUT2D eigenvalue weighted by molar-refractivity contribution is 0.668. The van der Waals surface area contributed by atoms with Gasteiger partial charge in [0.15, 0.2) is 0 Å². The van der Waals surface area contributed by atoms with Crippen LogP contribution in [0.1, 0.15) is 0 Å². The van der Waals surface area contributed by atoms with Gasteiger partial charge in [-0.1, -0.05) is 146 Å². The molecule has 0 spiro atoms. The first-order valence-electron chi connectivity index (χ1n) is 18.7. The third kappa shape index (κ3) is 5.20. The molecule has 0 unspecified atom stereocenters. The number of fused-ring (bicyclic) bond motifs is 7. The molecule has 0 aliphatic heterocycles. The molecule has 11 rings (SSSR count). The Bertz CT molecular complexity index is 3220. The molecular weight excluding hydrogens is 671 g/mol. The molecule has 3 heteroatoms. The maximum absolute atomic E-state index is 6.33. The summed E-state index contributed by atoms with van der Waals surface area (Å²) in [7, 11) is 0. The molecule has 0 N–H and O–H groups in total. The number of para-hydroxylation sites is 2. The van der Waals surface area contributed by atoms with Crippen molar-refractivity contribution < 1.29 is 8.83 Å². The van der Waals surface area contributed by atoms with Gasteiger partial charge in [-0.15, -0.1) is 0 Å². The van der Waals surface area contributed by atoms with Gasteiger partial charge < -0.3 is 13.7 Å². The van der Waals surface area contributed by atoms with Gasteiger partial charge in [-0.3, -0.25) is 0 Å². The molecule has 0 saturated heterocycles. The van der Waals surface area contributed by atoms with Crippen LogP contribution in [0.15, 0.2) is 209 Å². The average Bonchev–Trinajstić information content (AvgIpc) is 3.82. The van der Waals surface area contributed by atoms with Crippen molar-refractivity contribution >= 4 is 71.7 Å². The monoisotopic (exact) mass is 703 g/mol. The highest BCUT2D eigenvalue weighted by Crippen LogP contribution is 2.46. The molecule has 0 aliphatic rings. The van der Waals surface area contributed by atoms with Gasteiger partial charge in [-0.05, 0) is 93.2 Å². The molecular formula is C52H33NO2.